The maximum atomic E-state index is 12.3. The molecule has 0 atom stereocenters. The molecule has 26 heavy (non-hydrogen) atoms. The fraction of sp³-hybridized carbons (Fsp3) is 0.500. The second-order valence-electron chi connectivity index (χ2n) is 8.13. The summed E-state index contributed by atoms with van der Waals surface area (Å²) < 4.78 is 13.3. The lowest BCUT2D eigenvalue weighted by Crippen LogP contribution is -2.34. The summed E-state index contributed by atoms with van der Waals surface area (Å²) in [6.45, 7) is 15.6. The van der Waals surface area contributed by atoms with Crippen LogP contribution in [-0.2, 0) is 0 Å². The summed E-state index contributed by atoms with van der Waals surface area (Å²) in [6, 6.07) is 0.175. The van der Waals surface area contributed by atoms with Crippen molar-refractivity contribution in [1.29, 1.82) is 0 Å². The average molecular weight is 395 g/mol. The van der Waals surface area contributed by atoms with Gasteiger partial charge in [-0.15, -0.1) is 0 Å². The predicted octanol–water partition coefficient (Wildman–Crippen LogP) is 2.36. The van der Waals surface area contributed by atoms with E-state index in [2.05, 4.69) is 15.0 Å². The monoisotopic (exact) mass is 394 g/mol. The van der Waals surface area contributed by atoms with Crippen molar-refractivity contribution >= 4 is 16.6 Å². The van der Waals surface area contributed by atoms with E-state index < -0.39 is 27.9 Å². The number of hydrogen-bond acceptors (Lipinski definition) is 6. The molecule has 0 saturated heterocycles. The summed E-state index contributed by atoms with van der Waals surface area (Å²) in [5.74, 6) is 0.740. The Balaban J connectivity index is 2.73. The molecule has 0 saturated carbocycles. The second kappa shape index (κ2) is 6.84. The highest BCUT2D eigenvalue weighted by Crippen LogP contribution is 2.26. The van der Waals surface area contributed by atoms with Crippen LogP contribution in [0.3, 0.4) is 0 Å². The zero-order chi connectivity index (χ0) is 19.9. The predicted molar refractivity (Wildman–Crippen MR) is 106 cm³/mol. The van der Waals surface area contributed by atoms with E-state index in [9.17, 15) is 9.59 Å². The smallest absolute Gasteiger partial charge is 0.334 e. The van der Waals surface area contributed by atoms with Gasteiger partial charge in [-0.3, -0.25) is 14.3 Å². The number of aromatic nitrogens is 4. The Labute approximate surface area is 154 Å². The molecule has 0 aliphatic rings. The summed E-state index contributed by atoms with van der Waals surface area (Å²) in [6.07, 6.45) is 1.47. The number of aryl methyl sites for hydroxylation is 1. The summed E-state index contributed by atoms with van der Waals surface area (Å²) >= 11 is 0. The van der Waals surface area contributed by atoms with Gasteiger partial charge in [-0.2, -0.15) is 9.97 Å². The van der Waals surface area contributed by atoms with Crippen molar-refractivity contribution in [3.8, 4) is 17.7 Å². The Kier molecular flexibility index (Phi) is 5.29. The third-order valence-corrected chi connectivity index (χ3v) is 4.80. The summed E-state index contributed by atoms with van der Waals surface area (Å²) in [5, 5.41) is 0. The standard InChI is InChI=1S/C16H26N4O4Si2/c1-10-9-20(16(22)18-13(10)21)12-11(2)14(23-25(3,4)5)19-15(17-12)24-26(6,7)8/h9H,1-8H3,(H,18,21,22). The molecule has 1 N–H and O–H groups in total. The van der Waals surface area contributed by atoms with Gasteiger partial charge in [0.2, 0.25) is 22.5 Å². The zero-order valence-corrected chi connectivity index (χ0v) is 18.6. The Morgan fingerprint density at radius 1 is 0.962 bits per heavy atom. The molecule has 0 radical (unpaired) electrons. The normalized spacial score (nSPS) is 12.2. The molecule has 0 aliphatic carbocycles. The van der Waals surface area contributed by atoms with Crippen molar-refractivity contribution < 1.29 is 8.85 Å². The van der Waals surface area contributed by atoms with Crippen LogP contribution in [0.1, 0.15) is 11.1 Å². The van der Waals surface area contributed by atoms with E-state index in [1.165, 1.54) is 10.8 Å². The minimum atomic E-state index is -1.97. The van der Waals surface area contributed by atoms with E-state index in [4.69, 9.17) is 8.85 Å². The average Bonchev–Trinajstić information content (AvgIpc) is 2.43. The van der Waals surface area contributed by atoms with Crippen molar-refractivity contribution in [1.82, 2.24) is 19.5 Å². The van der Waals surface area contributed by atoms with Gasteiger partial charge in [-0.05, 0) is 53.1 Å². The maximum Gasteiger partial charge on any atom is 0.334 e. The van der Waals surface area contributed by atoms with Crippen LogP contribution in [0.25, 0.3) is 5.82 Å². The van der Waals surface area contributed by atoms with E-state index in [0.29, 0.717) is 22.8 Å². The number of rotatable bonds is 5. The molecule has 2 heterocycles. The number of aromatic amines is 1. The maximum absolute atomic E-state index is 12.3. The van der Waals surface area contributed by atoms with Gasteiger partial charge in [-0.25, -0.2) is 4.79 Å². The molecule has 0 fully saturated rings. The van der Waals surface area contributed by atoms with Crippen LogP contribution in [0.15, 0.2) is 15.8 Å². The first-order valence-corrected chi connectivity index (χ1v) is 15.2. The minimum Gasteiger partial charge on any atom is -0.531 e. The Morgan fingerprint density at radius 3 is 2.08 bits per heavy atom. The second-order valence-corrected chi connectivity index (χ2v) is 17.0. The lowest BCUT2D eigenvalue weighted by Gasteiger charge is -2.23. The number of H-pyrrole nitrogens is 1. The van der Waals surface area contributed by atoms with Crippen molar-refractivity contribution in [2.45, 2.75) is 53.1 Å². The Hall–Kier alpha value is -2.21. The number of nitrogens with zero attached hydrogens (tertiary/aromatic N) is 3. The van der Waals surface area contributed by atoms with Gasteiger partial charge in [0.05, 0.1) is 5.56 Å². The zero-order valence-electron chi connectivity index (χ0n) is 16.6. The van der Waals surface area contributed by atoms with Crippen LogP contribution in [0.2, 0.25) is 39.3 Å². The largest absolute Gasteiger partial charge is 0.531 e. The molecule has 0 aromatic carbocycles. The van der Waals surface area contributed by atoms with Gasteiger partial charge in [0.1, 0.15) is 0 Å². The van der Waals surface area contributed by atoms with Crippen molar-refractivity contribution in [3.63, 3.8) is 0 Å². The van der Waals surface area contributed by atoms with Crippen LogP contribution >= 0.6 is 0 Å². The molecule has 142 valence electrons. The molecule has 0 spiro atoms. The summed E-state index contributed by atoms with van der Waals surface area (Å²) in [5.41, 5.74) is 0.0299. The van der Waals surface area contributed by atoms with E-state index in [1.807, 2.05) is 39.3 Å². The number of hydrogen-bond donors (Lipinski definition) is 1. The van der Waals surface area contributed by atoms with Gasteiger partial charge >= 0.3 is 11.7 Å². The molecular weight excluding hydrogens is 368 g/mol. The highest BCUT2D eigenvalue weighted by Gasteiger charge is 2.25. The van der Waals surface area contributed by atoms with E-state index >= 15 is 0 Å². The molecule has 0 bridgehead atoms. The fourth-order valence-electron chi connectivity index (χ4n) is 2.13. The fourth-order valence-corrected chi connectivity index (χ4v) is 3.55. The van der Waals surface area contributed by atoms with Crippen LogP contribution in [0.5, 0.6) is 11.9 Å². The van der Waals surface area contributed by atoms with Crippen LogP contribution in [0, 0.1) is 13.8 Å². The van der Waals surface area contributed by atoms with Crippen LogP contribution < -0.4 is 20.1 Å². The highest BCUT2D eigenvalue weighted by molar-refractivity contribution is 6.70. The molecule has 0 amide bonds. The minimum absolute atomic E-state index is 0.175. The van der Waals surface area contributed by atoms with Gasteiger partial charge < -0.3 is 8.85 Å². The molecule has 0 unspecified atom stereocenters. The first kappa shape index (κ1) is 20.1. The molecule has 10 heteroatoms. The molecule has 2 aromatic rings. The lowest BCUT2D eigenvalue weighted by molar-refractivity contribution is 0.470. The lowest BCUT2D eigenvalue weighted by atomic mass is 10.3. The Bertz CT molecular complexity index is 939. The third kappa shape index (κ3) is 4.91. The summed E-state index contributed by atoms with van der Waals surface area (Å²) in [4.78, 5) is 35.1. The highest BCUT2D eigenvalue weighted by atomic mass is 28.4. The van der Waals surface area contributed by atoms with E-state index in [-0.39, 0.29) is 6.01 Å². The first-order chi connectivity index (χ1) is 11.8. The number of nitrogens with one attached hydrogen (secondary N) is 1. The van der Waals surface area contributed by atoms with Gasteiger partial charge in [0, 0.05) is 11.8 Å². The van der Waals surface area contributed by atoms with Gasteiger partial charge in [0.25, 0.3) is 5.56 Å². The van der Waals surface area contributed by atoms with Crippen molar-refractivity contribution in [2.75, 3.05) is 0 Å². The molecule has 2 aromatic heterocycles. The molecular formula is C16H26N4O4Si2. The quantitative estimate of drug-likeness (QED) is 0.782. The van der Waals surface area contributed by atoms with E-state index in [0.717, 1.165) is 0 Å². The van der Waals surface area contributed by atoms with Crippen LogP contribution in [0.4, 0.5) is 0 Å². The van der Waals surface area contributed by atoms with Gasteiger partial charge in [0.15, 0.2) is 5.82 Å². The van der Waals surface area contributed by atoms with Crippen LogP contribution in [-0.4, -0.2) is 36.2 Å². The molecule has 0 aliphatic heterocycles. The van der Waals surface area contributed by atoms with E-state index in [1.54, 1.807) is 13.8 Å². The summed E-state index contributed by atoms with van der Waals surface area (Å²) in [7, 11) is -3.92. The Morgan fingerprint density at radius 2 is 1.54 bits per heavy atom. The molecule has 8 nitrogen and oxygen atoms in total. The van der Waals surface area contributed by atoms with Crippen molar-refractivity contribution in [3.05, 3.63) is 38.2 Å². The third-order valence-electron chi connectivity index (χ3n) is 3.20. The van der Waals surface area contributed by atoms with Gasteiger partial charge in [-0.1, -0.05) is 0 Å². The first-order valence-electron chi connectivity index (χ1n) is 8.36. The topological polar surface area (TPSA) is 99.1 Å². The van der Waals surface area contributed by atoms with Crippen molar-refractivity contribution in [2.24, 2.45) is 0 Å². The SMILES string of the molecule is Cc1c(O[Si](C)(C)C)nc(O[Si](C)(C)C)nc1-n1cc(C)c(=O)[nH]c1=O. The molecule has 2 rings (SSSR count).